The molecule has 1 aliphatic heterocycles. The van der Waals surface area contributed by atoms with E-state index >= 15 is 0 Å². The van der Waals surface area contributed by atoms with Crippen molar-refractivity contribution in [2.45, 2.75) is 13.2 Å². The van der Waals surface area contributed by atoms with Crippen molar-refractivity contribution >= 4 is 23.3 Å². The van der Waals surface area contributed by atoms with E-state index in [9.17, 15) is 4.79 Å². The number of fused-ring (bicyclic) bond motifs is 1. The number of carbonyl (C=O) groups excluding carboxylic acids is 1. The van der Waals surface area contributed by atoms with Crippen molar-refractivity contribution in [1.82, 2.24) is 9.97 Å². The zero-order chi connectivity index (χ0) is 13.2. The van der Waals surface area contributed by atoms with Crippen molar-refractivity contribution in [1.29, 1.82) is 0 Å². The van der Waals surface area contributed by atoms with Crippen molar-refractivity contribution in [3.63, 3.8) is 0 Å². The molecule has 0 unspecified atom stereocenters. The molecule has 2 heterocycles. The van der Waals surface area contributed by atoms with Crippen LogP contribution in [0.2, 0.25) is 5.15 Å². The van der Waals surface area contributed by atoms with Crippen LogP contribution in [0.25, 0.3) is 0 Å². The molecule has 96 valence electrons. The largest absolute Gasteiger partial charge is 0.372 e. The Morgan fingerprint density at radius 1 is 1.21 bits per heavy atom. The average Bonchev–Trinajstić information content (AvgIpc) is 2.88. The van der Waals surface area contributed by atoms with Gasteiger partial charge in [-0.1, -0.05) is 17.7 Å². The smallest absolute Gasteiger partial charge is 0.256 e. The SMILES string of the molecule is O=C(Nc1cnc(Cl)cn1)c1ccc2c(c1)COC2. The van der Waals surface area contributed by atoms with Crippen molar-refractivity contribution in [3.8, 4) is 0 Å². The van der Waals surface area contributed by atoms with Gasteiger partial charge in [0.05, 0.1) is 25.6 Å². The minimum atomic E-state index is -0.230. The maximum Gasteiger partial charge on any atom is 0.256 e. The van der Waals surface area contributed by atoms with E-state index in [0.29, 0.717) is 24.6 Å². The van der Waals surface area contributed by atoms with E-state index in [1.807, 2.05) is 12.1 Å². The molecule has 0 aliphatic carbocycles. The predicted octanol–water partition coefficient (Wildman–Crippen LogP) is 2.41. The number of anilines is 1. The van der Waals surface area contributed by atoms with Gasteiger partial charge in [-0.15, -0.1) is 0 Å². The fraction of sp³-hybridized carbons (Fsp3) is 0.154. The monoisotopic (exact) mass is 275 g/mol. The number of amides is 1. The Hall–Kier alpha value is -1.98. The van der Waals surface area contributed by atoms with Crippen LogP contribution in [-0.2, 0) is 18.0 Å². The highest BCUT2D eigenvalue weighted by atomic mass is 35.5. The zero-order valence-electron chi connectivity index (χ0n) is 9.89. The van der Waals surface area contributed by atoms with Crippen LogP contribution in [-0.4, -0.2) is 15.9 Å². The molecule has 0 atom stereocenters. The first-order chi connectivity index (χ1) is 9.22. The van der Waals surface area contributed by atoms with Crippen molar-refractivity contribution in [2.24, 2.45) is 0 Å². The van der Waals surface area contributed by atoms with Gasteiger partial charge in [0, 0.05) is 5.56 Å². The molecular formula is C13H10ClN3O2. The lowest BCUT2D eigenvalue weighted by Crippen LogP contribution is -2.13. The number of carbonyl (C=O) groups is 1. The molecule has 1 N–H and O–H groups in total. The second kappa shape index (κ2) is 4.95. The number of hydrogen-bond donors (Lipinski definition) is 1. The minimum absolute atomic E-state index is 0.230. The van der Waals surface area contributed by atoms with Crippen LogP contribution in [0, 0.1) is 0 Å². The number of rotatable bonds is 2. The molecule has 1 aliphatic rings. The van der Waals surface area contributed by atoms with Gasteiger partial charge in [0.2, 0.25) is 0 Å². The summed E-state index contributed by atoms with van der Waals surface area (Å²) in [5, 5.41) is 2.95. The molecule has 0 radical (unpaired) electrons. The average molecular weight is 276 g/mol. The van der Waals surface area contributed by atoms with Crippen LogP contribution < -0.4 is 5.32 Å². The molecule has 1 aromatic carbocycles. The number of nitrogens with zero attached hydrogens (tertiary/aromatic N) is 2. The molecule has 0 fully saturated rings. The van der Waals surface area contributed by atoms with E-state index in [-0.39, 0.29) is 11.1 Å². The summed E-state index contributed by atoms with van der Waals surface area (Å²) in [5.74, 6) is 0.137. The minimum Gasteiger partial charge on any atom is -0.372 e. The number of nitrogens with one attached hydrogen (secondary N) is 1. The van der Waals surface area contributed by atoms with Gasteiger partial charge in [0.1, 0.15) is 5.15 Å². The Bertz CT molecular complexity index is 628. The normalized spacial score (nSPS) is 13.1. The van der Waals surface area contributed by atoms with Gasteiger partial charge in [0.15, 0.2) is 5.82 Å². The summed E-state index contributed by atoms with van der Waals surface area (Å²) in [7, 11) is 0. The van der Waals surface area contributed by atoms with E-state index in [2.05, 4.69) is 15.3 Å². The van der Waals surface area contributed by atoms with Crippen LogP contribution in [0.1, 0.15) is 21.5 Å². The highest BCUT2D eigenvalue weighted by Crippen LogP contribution is 2.21. The molecule has 0 spiro atoms. The predicted molar refractivity (Wildman–Crippen MR) is 69.9 cm³/mol. The molecule has 1 amide bonds. The molecule has 3 rings (SSSR count). The van der Waals surface area contributed by atoms with Crippen molar-refractivity contribution in [2.75, 3.05) is 5.32 Å². The van der Waals surface area contributed by atoms with E-state index in [1.165, 1.54) is 12.4 Å². The standard InChI is InChI=1S/C13H10ClN3O2/c14-11-4-16-12(5-15-11)17-13(18)8-1-2-9-6-19-7-10(9)3-8/h1-5H,6-7H2,(H,16,17,18). The first-order valence-corrected chi connectivity index (χ1v) is 6.08. The van der Waals surface area contributed by atoms with Gasteiger partial charge in [0.25, 0.3) is 5.91 Å². The second-order valence-electron chi connectivity index (χ2n) is 4.15. The van der Waals surface area contributed by atoms with Gasteiger partial charge >= 0.3 is 0 Å². The lowest BCUT2D eigenvalue weighted by molar-refractivity contribution is 0.102. The number of aromatic nitrogens is 2. The van der Waals surface area contributed by atoms with Gasteiger partial charge in [-0.25, -0.2) is 9.97 Å². The Morgan fingerprint density at radius 3 is 2.84 bits per heavy atom. The fourth-order valence-electron chi connectivity index (χ4n) is 1.88. The summed E-state index contributed by atoms with van der Waals surface area (Å²) < 4.78 is 5.31. The third-order valence-corrected chi connectivity index (χ3v) is 3.04. The topological polar surface area (TPSA) is 64.1 Å². The molecule has 1 aromatic heterocycles. The molecule has 19 heavy (non-hydrogen) atoms. The molecule has 5 nitrogen and oxygen atoms in total. The van der Waals surface area contributed by atoms with E-state index < -0.39 is 0 Å². The highest BCUT2D eigenvalue weighted by Gasteiger charge is 2.14. The Labute approximate surface area is 114 Å². The van der Waals surface area contributed by atoms with Gasteiger partial charge in [-0.3, -0.25) is 4.79 Å². The Balaban J connectivity index is 1.78. The third kappa shape index (κ3) is 2.57. The summed E-state index contributed by atoms with van der Waals surface area (Å²) in [6, 6.07) is 5.51. The quantitative estimate of drug-likeness (QED) is 0.914. The van der Waals surface area contributed by atoms with E-state index in [4.69, 9.17) is 16.3 Å². The summed E-state index contributed by atoms with van der Waals surface area (Å²) >= 11 is 5.63. The third-order valence-electron chi connectivity index (χ3n) is 2.85. The first kappa shape index (κ1) is 12.1. The summed E-state index contributed by atoms with van der Waals surface area (Å²) in [5.41, 5.74) is 2.75. The first-order valence-electron chi connectivity index (χ1n) is 5.71. The van der Waals surface area contributed by atoms with Gasteiger partial charge in [-0.05, 0) is 23.3 Å². The van der Waals surface area contributed by atoms with Crippen LogP contribution in [0.3, 0.4) is 0 Å². The maximum absolute atomic E-state index is 12.0. The fourth-order valence-corrected chi connectivity index (χ4v) is 1.98. The number of hydrogen-bond acceptors (Lipinski definition) is 4. The molecule has 2 aromatic rings. The molecular weight excluding hydrogens is 266 g/mol. The van der Waals surface area contributed by atoms with Crippen LogP contribution in [0.15, 0.2) is 30.6 Å². The van der Waals surface area contributed by atoms with Crippen LogP contribution in [0.5, 0.6) is 0 Å². The van der Waals surface area contributed by atoms with Gasteiger partial charge < -0.3 is 10.1 Å². The molecule has 0 bridgehead atoms. The van der Waals surface area contributed by atoms with Gasteiger partial charge in [-0.2, -0.15) is 0 Å². The zero-order valence-corrected chi connectivity index (χ0v) is 10.6. The second-order valence-corrected chi connectivity index (χ2v) is 4.54. The van der Waals surface area contributed by atoms with E-state index in [0.717, 1.165) is 11.1 Å². The number of ether oxygens (including phenoxy) is 1. The summed E-state index contributed by atoms with van der Waals surface area (Å²) in [4.78, 5) is 19.9. The summed E-state index contributed by atoms with van der Waals surface area (Å²) in [6.07, 6.45) is 2.80. The van der Waals surface area contributed by atoms with Crippen molar-refractivity contribution in [3.05, 3.63) is 52.4 Å². The molecule has 6 heteroatoms. The lowest BCUT2D eigenvalue weighted by atomic mass is 10.1. The maximum atomic E-state index is 12.0. The lowest BCUT2D eigenvalue weighted by Gasteiger charge is -2.05. The summed E-state index contributed by atoms with van der Waals surface area (Å²) in [6.45, 7) is 1.16. The molecule has 0 saturated heterocycles. The van der Waals surface area contributed by atoms with Crippen LogP contribution >= 0.6 is 11.6 Å². The Kier molecular flexibility index (Phi) is 3.15. The Morgan fingerprint density at radius 2 is 2.05 bits per heavy atom. The highest BCUT2D eigenvalue weighted by molar-refractivity contribution is 6.29. The molecule has 0 saturated carbocycles. The number of halogens is 1. The number of benzene rings is 1. The van der Waals surface area contributed by atoms with Crippen LogP contribution in [0.4, 0.5) is 5.82 Å². The van der Waals surface area contributed by atoms with E-state index in [1.54, 1.807) is 6.07 Å². The van der Waals surface area contributed by atoms with Crippen molar-refractivity contribution < 1.29 is 9.53 Å².